The predicted molar refractivity (Wildman–Crippen MR) is 152 cm³/mol. The molecule has 2 aromatic heterocycles. The Morgan fingerprint density at radius 1 is 1.05 bits per heavy atom. The van der Waals surface area contributed by atoms with E-state index in [0.717, 1.165) is 72.7 Å². The monoisotopic (exact) mass is 547 g/mol. The number of aromatic amines is 1. The molecule has 4 heterocycles. The van der Waals surface area contributed by atoms with Crippen molar-refractivity contribution in [1.82, 2.24) is 19.9 Å². The van der Waals surface area contributed by atoms with Gasteiger partial charge in [-0.2, -0.15) is 0 Å². The number of nitrogens with one attached hydrogen (secondary N) is 2. The topological polar surface area (TPSA) is 129 Å². The average Bonchev–Trinajstić information content (AvgIpc) is 3.39. The van der Waals surface area contributed by atoms with Gasteiger partial charge in [0.15, 0.2) is 0 Å². The van der Waals surface area contributed by atoms with E-state index in [0.29, 0.717) is 25.4 Å². The summed E-state index contributed by atoms with van der Waals surface area (Å²) in [6, 6.07) is 16.7. The number of likely N-dealkylation sites (tertiary alicyclic amines) is 1. The highest BCUT2D eigenvalue weighted by Crippen LogP contribution is 2.30. The number of aromatic nitrogens is 3. The quantitative estimate of drug-likeness (QED) is 0.322. The molecule has 0 unspecified atom stereocenters. The molecule has 204 valence electrons. The van der Waals surface area contributed by atoms with E-state index < -0.39 is 10.0 Å². The van der Waals surface area contributed by atoms with Crippen molar-refractivity contribution in [2.45, 2.75) is 30.3 Å². The third-order valence-electron chi connectivity index (χ3n) is 7.32. The van der Waals surface area contributed by atoms with Gasteiger partial charge in [-0.15, -0.1) is 0 Å². The van der Waals surface area contributed by atoms with Crippen LogP contribution in [0.1, 0.15) is 18.4 Å². The molecule has 2 aliphatic rings. The Labute approximate surface area is 228 Å². The van der Waals surface area contributed by atoms with Crippen LogP contribution in [0.4, 0.5) is 11.5 Å². The zero-order chi connectivity index (χ0) is 26.8. The van der Waals surface area contributed by atoms with Crippen molar-refractivity contribution in [1.29, 1.82) is 0 Å². The van der Waals surface area contributed by atoms with E-state index in [-0.39, 0.29) is 10.9 Å². The normalized spacial score (nSPS) is 18.9. The van der Waals surface area contributed by atoms with E-state index in [4.69, 9.17) is 10.5 Å². The van der Waals surface area contributed by atoms with E-state index in [1.807, 2.05) is 24.3 Å². The van der Waals surface area contributed by atoms with Crippen molar-refractivity contribution in [2.24, 2.45) is 5.73 Å². The number of nitrogens with two attached hydrogens (primary N) is 1. The smallest absolute Gasteiger partial charge is 0.261 e. The molecule has 39 heavy (non-hydrogen) atoms. The second-order valence-corrected chi connectivity index (χ2v) is 11.9. The Morgan fingerprint density at radius 3 is 2.67 bits per heavy atom. The number of ether oxygens (including phenoxy) is 1. The lowest BCUT2D eigenvalue weighted by Crippen LogP contribution is -2.42. The lowest BCUT2D eigenvalue weighted by Gasteiger charge is -2.30. The van der Waals surface area contributed by atoms with Crippen LogP contribution in [0.2, 0.25) is 0 Å². The number of H-pyrrole nitrogens is 1. The Kier molecular flexibility index (Phi) is 7.22. The molecule has 0 bridgehead atoms. The Morgan fingerprint density at radius 2 is 1.87 bits per heavy atom. The molecule has 11 heteroatoms. The predicted octanol–water partition coefficient (Wildman–Crippen LogP) is 3.19. The van der Waals surface area contributed by atoms with Crippen LogP contribution in [-0.2, 0) is 21.3 Å². The summed E-state index contributed by atoms with van der Waals surface area (Å²) < 4.78 is 34.5. The molecule has 1 atom stereocenters. The maximum absolute atomic E-state index is 13.2. The first-order valence-corrected chi connectivity index (χ1v) is 14.8. The second-order valence-electron chi connectivity index (χ2n) is 10.2. The maximum Gasteiger partial charge on any atom is 0.261 e. The summed E-state index contributed by atoms with van der Waals surface area (Å²) >= 11 is 0. The van der Waals surface area contributed by atoms with Crippen molar-refractivity contribution in [2.75, 3.05) is 49.0 Å². The molecule has 0 amide bonds. The van der Waals surface area contributed by atoms with Gasteiger partial charge in [-0.25, -0.2) is 18.4 Å². The molecule has 10 nitrogen and oxygen atoms in total. The zero-order valence-electron chi connectivity index (χ0n) is 21.7. The van der Waals surface area contributed by atoms with Gasteiger partial charge in [-0.3, -0.25) is 9.62 Å². The van der Waals surface area contributed by atoms with Gasteiger partial charge in [0.1, 0.15) is 17.8 Å². The van der Waals surface area contributed by atoms with Gasteiger partial charge in [0.25, 0.3) is 10.0 Å². The van der Waals surface area contributed by atoms with Crippen LogP contribution >= 0.6 is 0 Å². The van der Waals surface area contributed by atoms with E-state index in [1.165, 1.54) is 0 Å². The molecule has 0 saturated carbocycles. The van der Waals surface area contributed by atoms with Gasteiger partial charge in [0.2, 0.25) is 0 Å². The van der Waals surface area contributed by atoms with Crippen LogP contribution in [0, 0.1) is 0 Å². The van der Waals surface area contributed by atoms with Crippen LogP contribution in [0.15, 0.2) is 65.8 Å². The molecule has 2 saturated heterocycles. The number of nitrogens with zero attached hydrogens (tertiary/aromatic N) is 4. The number of benzene rings is 2. The molecular formula is C28H33N7O3S. The van der Waals surface area contributed by atoms with Crippen molar-refractivity contribution in [3.05, 3.63) is 66.5 Å². The van der Waals surface area contributed by atoms with Crippen LogP contribution in [0.5, 0.6) is 0 Å². The highest BCUT2D eigenvalue weighted by Gasteiger charge is 2.20. The van der Waals surface area contributed by atoms with E-state index in [2.05, 4.69) is 29.5 Å². The summed E-state index contributed by atoms with van der Waals surface area (Å²) in [5.41, 5.74) is 10.1. The average molecular weight is 548 g/mol. The highest BCUT2D eigenvalue weighted by atomic mass is 32.2. The zero-order valence-corrected chi connectivity index (χ0v) is 22.5. The van der Waals surface area contributed by atoms with Crippen molar-refractivity contribution in [3.8, 4) is 11.3 Å². The SMILES string of the molecule is N[C@@H]1CCCN(Cc2cccc(S(=O)(=O)Nc3ccc(-c4cc5c(N6CCOCC6)ncnc5[nH]4)cc3)c2)C1. The summed E-state index contributed by atoms with van der Waals surface area (Å²) in [7, 11) is -3.74. The molecule has 2 aromatic carbocycles. The van der Waals surface area contributed by atoms with Gasteiger partial charge in [0, 0.05) is 43.6 Å². The van der Waals surface area contributed by atoms with Gasteiger partial charge in [0.05, 0.1) is 23.5 Å². The van der Waals surface area contributed by atoms with Gasteiger partial charge in [-0.05, 0) is 60.8 Å². The fourth-order valence-corrected chi connectivity index (χ4v) is 6.47. The third kappa shape index (κ3) is 5.76. The summed E-state index contributed by atoms with van der Waals surface area (Å²) in [4.78, 5) is 17.0. The number of sulfonamides is 1. The summed E-state index contributed by atoms with van der Waals surface area (Å²) in [5, 5.41) is 0.950. The van der Waals surface area contributed by atoms with Crippen LogP contribution in [0.25, 0.3) is 22.3 Å². The first-order chi connectivity index (χ1) is 18.9. The summed E-state index contributed by atoms with van der Waals surface area (Å²) in [6.07, 6.45) is 3.68. The maximum atomic E-state index is 13.2. The lowest BCUT2D eigenvalue weighted by molar-refractivity contribution is 0.122. The highest BCUT2D eigenvalue weighted by molar-refractivity contribution is 7.92. The molecule has 0 radical (unpaired) electrons. The van der Waals surface area contributed by atoms with Crippen molar-refractivity contribution in [3.63, 3.8) is 0 Å². The molecule has 4 aromatic rings. The first kappa shape index (κ1) is 25.8. The number of rotatable bonds is 7. The largest absolute Gasteiger partial charge is 0.378 e. The number of hydrogen-bond acceptors (Lipinski definition) is 8. The number of hydrogen-bond donors (Lipinski definition) is 3. The fraction of sp³-hybridized carbons (Fsp3) is 0.357. The molecule has 0 spiro atoms. The molecule has 0 aliphatic carbocycles. The minimum absolute atomic E-state index is 0.180. The van der Waals surface area contributed by atoms with Crippen molar-refractivity contribution >= 4 is 32.6 Å². The fourth-order valence-electron chi connectivity index (χ4n) is 5.35. The Balaban J connectivity index is 1.17. The van der Waals surface area contributed by atoms with E-state index >= 15 is 0 Å². The number of fused-ring (bicyclic) bond motifs is 1. The van der Waals surface area contributed by atoms with Crippen molar-refractivity contribution < 1.29 is 13.2 Å². The minimum atomic E-state index is -3.74. The van der Waals surface area contributed by atoms with Gasteiger partial charge < -0.3 is 20.4 Å². The van der Waals surface area contributed by atoms with Crippen LogP contribution in [0.3, 0.4) is 0 Å². The number of piperidine rings is 1. The molecular weight excluding hydrogens is 514 g/mol. The number of anilines is 2. The molecule has 6 rings (SSSR count). The standard InChI is InChI=1S/C28H33N7O3S/c29-22-4-2-10-34(18-22)17-20-3-1-5-24(15-20)39(36,37)33-23-8-6-21(7-9-23)26-16-25-27(32-26)30-19-31-28(25)35-11-13-38-14-12-35/h1,3,5-9,15-16,19,22,33H,2,4,10-14,17-18,29H2,(H,30,31,32)/t22-/m1/s1. The van der Waals surface area contributed by atoms with Gasteiger partial charge >= 0.3 is 0 Å². The first-order valence-electron chi connectivity index (χ1n) is 13.3. The Bertz CT molecular complexity index is 1550. The summed E-state index contributed by atoms with van der Waals surface area (Å²) in [5.74, 6) is 0.889. The second kappa shape index (κ2) is 10.9. The molecule has 2 aliphatic heterocycles. The van der Waals surface area contributed by atoms with Crippen LogP contribution < -0.4 is 15.4 Å². The number of morpholine rings is 1. The Hall–Kier alpha value is -3.51. The van der Waals surface area contributed by atoms with Gasteiger partial charge in [-0.1, -0.05) is 24.3 Å². The summed E-state index contributed by atoms with van der Waals surface area (Å²) in [6.45, 7) is 5.43. The third-order valence-corrected chi connectivity index (χ3v) is 8.70. The molecule has 4 N–H and O–H groups in total. The lowest BCUT2D eigenvalue weighted by atomic mass is 10.1. The van der Waals surface area contributed by atoms with E-state index in [9.17, 15) is 8.42 Å². The minimum Gasteiger partial charge on any atom is -0.378 e. The van der Waals surface area contributed by atoms with Crippen LogP contribution in [-0.4, -0.2) is 73.7 Å². The molecule has 2 fully saturated rings. The van der Waals surface area contributed by atoms with E-state index in [1.54, 1.807) is 36.7 Å².